The fraction of sp³-hybridized carbons (Fsp3) is 0.238. The van der Waals surface area contributed by atoms with Crippen molar-refractivity contribution in [3.63, 3.8) is 0 Å². The van der Waals surface area contributed by atoms with Gasteiger partial charge >= 0.3 is 0 Å². The van der Waals surface area contributed by atoms with Crippen LogP contribution in [0, 0.1) is 0 Å². The van der Waals surface area contributed by atoms with Crippen LogP contribution in [0.5, 0.6) is 5.75 Å². The number of fused-ring (bicyclic) bond motifs is 1. The van der Waals surface area contributed by atoms with Gasteiger partial charge in [-0.15, -0.1) is 11.3 Å². The summed E-state index contributed by atoms with van der Waals surface area (Å²) in [6, 6.07) is 13.7. The van der Waals surface area contributed by atoms with Gasteiger partial charge in [-0.2, -0.15) is 0 Å². The van der Waals surface area contributed by atoms with Crippen molar-refractivity contribution < 1.29 is 9.53 Å². The Morgan fingerprint density at radius 3 is 2.96 bits per heavy atom. The van der Waals surface area contributed by atoms with Crippen molar-refractivity contribution in [2.24, 2.45) is 0 Å². The zero-order chi connectivity index (χ0) is 19.5. The van der Waals surface area contributed by atoms with Crippen molar-refractivity contribution >= 4 is 38.3 Å². The summed E-state index contributed by atoms with van der Waals surface area (Å²) in [5.41, 5.74) is 4.27. The smallest absolute Gasteiger partial charge is 0.258 e. The van der Waals surface area contributed by atoms with Crippen molar-refractivity contribution in [3.8, 4) is 5.75 Å². The molecule has 0 bridgehead atoms. The number of halogens is 1. The molecule has 5 nitrogen and oxygen atoms in total. The number of nitrogens with zero attached hydrogens (tertiary/aromatic N) is 2. The van der Waals surface area contributed by atoms with E-state index in [4.69, 9.17) is 4.74 Å². The number of hydrogen-bond acceptors (Lipinski definition) is 5. The second-order valence-corrected chi connectivity index (χ2v) is 8.39. The summed E-state index contributed by atoms with van der Waals surface area (Å²) in [5.74, 6) is 0.756. The van der Waals surface area contributed by atoms with Crippen molar-refractivity contribution in [2.75, 3.05) is 19.0 Å². The van der Waals surface area contributed by atoms with Gasteiger partial charge in [-0.25, -0.2) is 4.98 Å². The van der Waals surface area contributed by atoms with Crippen LogP contribution in [-0.2, 0) is 19.5 Å². The summed E-state index contributed by atoms with van der Waals surface area (Å²) in [5, 5.41) is 5.53. The molecular formula is C21H20BrN3O2S. The first-order valence-electron chi connectivity index (χ1n) is 9.01. The zero-order valence-electron chi connectivity index (χ0n) is 15.4. The molecule has 144 valence electrons. The lowest BCUT2D eigenvalue weighted by atomic mass is 9.99. The molecule has 4 rings (SSSR count). The molecule has 0 unspecified atom stereocenters. The summed E-state index contributed by atoms with van der Waals surface area (Å²) < 4.78 is 6.09. The van der Waals surface area contributed by atoms with E-state index in [2.05, 4.69) is 43.3 Å². The predicted octanol–water partition coefficient (Wildman–Crippen LogP) is 4.72. The van der Waals surface area contributed by atoms with Gasteiger partial charge in [0.05, 0.1) is 18.4 Å². The highest BCUT2D eigenvalue weighted by molar-refractivity contribution is 9.10. The van der Waals surface area contributed by atoms with Gasteiger partial charge in [-0.05, 0) is 57.7 Å². The maximum Gasteiger partial charge on any atom is 0.258 e. The molecule has 0 atom stereocenters. The summed E-state index contributed by atoms with van der Waals surface area (Å²) in [7, 11) is 1.70. The Hall–Kier alpha value is -2.22. The lowest BCUT2D eigenvalue weighted by Gasteiger charge is -2.28. The van der Waals surface area contributed by atoms with E-state index in [1.807, 2.05) is 29.6 Å². The van der Waals surface area contributed by atoms with Gasteiger partial charge in [0.2, 0.25) is 0 Å². The Morgan fingerprint density at radius 1 is 1.29 bits per heavy atom. The van der Waals surface area contributed by atoms with Crippen molar-refractivity contribution in [2.45, 2.75) is 19.5 Å². The van der Waals surface area contributed by atoms with E-state index < -0.39 is 0 Å². The standard InChI is InChI=1S/C21H20BrN3O2S/c1-27-17-7-6-15-11-25(9-8-14(15)10-17)12-16-13-28-21(23-16)24-20(26)18-4-2-3-5-19(18)22/h2-7,10,13H,8-9,11-12H2,1H3,(H,23,24,26). The largest absolute Gasteiger partial charge is 0.497 e. The normalized spacial score (nSPS) is 13.8. The molecule has 1 amide bonds. The molecule has 1 N–H and O–H groups in total. The quantitative estimate of drug-likeness (QED) is 0.601. The van der Waals surface area contributed by atoms with Crippen LogP contribution in [0.25, 0.3) is 0 Å². The maximum atomic E-state index is 12.4. The van der Waals surface area contributed by atoms with Gasteiger partial charge in [0, 0.05) is 29.5 Å². The Kier molecular flexibility index (Phi) is 5.75. The molecule has 2 aromatic carbocycles. The van der Waals surface area contributed by atoms with Crippen LogP contribution in [-0.4, -0.2) is 29.4 Å². The number of methoxy groups -OCH3 is 1. The number of carbonyl (C=O) groups is 1. The molecule has 0 saturated heterocycles. The summed E-state index contributed by atoms with van der Waals surface area (Å²) in [6.45, 7) is 2.65. The fourth-order valence-electron chi connectivity index (χ4n) is 3.33. The fourth-order valence-corrected chi connectivity index (χ4v) is 4.49. The summed E-state index contributed by atoms with van der Waals surface area (Å²) in [4.78, 5) is 19.4. The second kappa shape index (κ2) is 8.43. The number of ether oxygens (including phenoxy) is 1. The van der Waals surface area contributed by atoms with E-state index in [1.54, 1.807) is 13.2 Å². The highest BCUT2D eigenvalue weighted by atomic mass is 79.9. The monoisotopic (exact) mass is 457 g/mol. The molecule has 0 saturated carbocycles. The van der Waals surface area contributed by atoms with Gasteiger partial charge in [0.1, 0.15) is 5.75 Å². The molecule has 2 heterocycles. The molecule has 0 aliphatic carbocycles. The SMILES string of the molecule is COc1ccc2c(c1)CCN(Cc1csc(NC(=O)c3ccccc3Br)n1)C2. The van der Waals surface area contributed by atoms with Crippen LogP contribution in [0.1, 0.15) is 27.2 Å². The molecular weight excluding hydrogens is 438 g/mol. The number of hydrogen-bond donors (Lipinski definition) is 1. The second-order valence-electron chi connectivity index (χ2n) is 6.67. The number of benzene rings is 2. The Balaban J connectivity index is 1.38. The van der Waals surface area contributed by atoms with Crippen LogP contribution >= 0.6 is 27.3 Å². The Morgan fingerprint density at radius 2 is 2.14 bits per heavy atom. The minimum absolute atomic E-state index is 0.158. The number of rotatable bonds is 5. The van der Waals surface area contributed by atoms with E-state index in [0.29, 0.717) is 10.7 Å². The van der Waals surface area contributed by atoms with Crippen molar-refractivity contribution in [1.82, 2.24) is 9.88 Å². The molecule has 0 radical (unpaired) electrons. The van der Waals surface area contributed by atoms with Crippen LogP contribution < -0.4 is 10.1 Å². The molecule has 0 spiro atoms. The average molecular weight is 458 g/mol. The number of anilines is 1. The zero-order valence-corrected chi connectivity index (χ0v) is 17.8. The highest BCUT2D eigenvalue weighted by Gasteiger charge is 2.18. The minimum Gasteiger partial charge on any atom is -0.497 e. The number of nitrogens with one attached hydrogen (secondary N) is 1. The first-order chi connectivity index (χ1) is 13.6. The van der Waals surface area contributed by atoms with Gasteiger partial charge in [0.15, 0.2) is 5.13 Å². The highest BCUT2D eigenvalue weighted by Crippen LogP contribution is 2.26. The average Bonchev–Trinajstić information content (AvgIpc) is 3.14. The van der Waals surface area contributed by atoms with E-state index in [1.165, 1.54) is 22.5 Å². The lowest BCUT2D eigenvalue weighted by molar-refractivity contribution is 0.102. The third-order valence-corrected chi connectivity index (χ3v) is 6.28. The van der Waals surface area contributed by atoms with Crippen LogP contribution in [0.15, 0.2) is 52.3 Å². The van der Waals surface area contributed by atoms with Gasteiger partial charge in [-0.3, -0.25) is 15.0 Å². The third-order valence-electron chi connectivity index (χ3n) is 4.78. The Labute approximate surface area is 176 Å². The third kappa shape index (κ3) is 4.27. The number of aromatic nitrogens is 1. The van der Waals surface area contributed by atoms with Gasteiger partial charge in [-0.1, -0.05) is 18.2 Å². The van der Waals surface area contributed by atoms with E-state index in [9.17, 15) is 4.79 Å². The lowest BCUT2D eigenvalue weighted by Crippen LogP contribution is -2.30. The molecule has 0 fully saturated rings. The minimum atomic E-state index is -0.158. The summed E-state index contributed by atoms with van der Waals surface area (Å²) >= 11 is 4.87. The molecule has 1 aromatic heterocycles. The van der Waals surface area contributed by atoms with Gasteiger partial charge < -0.3 is 4.74 Å². The molecule has 1 aliphatic heterocycles. The topological polar surface area (TPSA) is 54.5 Å². The van der Waals surface area contributed by atoms with E-state index >= 15 is 0 Å². The molecule has 3 aromatic rings. The first-order valence-corrected chi connectivity index (χ1v) is 10.7. The van der Waals surface area contributed by atoms with Crippen LogP contribution in [0.4, 0.5) is 5.13 Å². The molecule has 1 aliphatic rings. The predicted molar refractivity (Wildman–Crippen MR) is 115 cm³/mol. The molecule has 28 heavy (non-hydrogen) atoms. The molecule has 7 heteroatoms. The number of amides is 1. The summed E-state index contributed by atoms with van der Waals surface area (Å²) in [6.07, 6.45) is 1.00. The van der Waals surface area contributed by atoms with Crippen molar-refractivity contribution in [3.05, 3.63) is 74.7 Å². The first kappa shape index (κ1) is 19.1. The van der Waals surface area contributed by atoms with Crippen LogP contribution in [0.3, 0.4) is 0 Å². The van der Waals surface area contributed by atoms with E-state index in [-0.39, 0.29) is 5.91 Å². The van der Waals surface area contributed by atoms with E-state index in [0.717, 1.165) is 42.0 Å². The van der Waals surface area contributed by atoms with Crippen molar-refractivity contribution in [1.29, 1.82) is 0 Å². The van der Waals surface area contributed by atoms with Gasteiger partial charge in [0.25, 0.3) is 5.91 Å². The van der Waals surface area contributed by atoms with Crippen LogP contribution in [0.2, 0.25) is 0 Å². The number of carbonyl (C=O) groups excluding carboxylic acids is 1. The number of thiazole rings is 1. The maximum absolute atomic E-state index is 12.4. The Bertz CT molecular complexity index is 1000.